The number of methoxy groups -OCH3 is 1. The maximum atomic E-state index is 13.5. The SMILES string of the molecule is COC(=O)C(C)(Nc1cc(C)cc(F)c1)c1ccncc1. The van der Waals surface area contributed by atoms with Gasteiger partial charge in [0.15, 0.2) is 5.54 Å². The molecule has 1 heterocycles. The number of pyridine rings is 1. The second-order valence-corrected chi connectivity index (χ2v) is 4.99. The van der Waals surface area contributed by atoms with E-state index in [4.69, 9.17) is 4.74 Å². The summed E-state index contributed by atoms with van der Waals surface area (Å²) in [7, 11) is 1.32. The van der Waals surface area contributed by atoms with Gasteiger partial charge in [0.2, 0.25) is 0 Å². The summed E-state index contributed by atoms with van der Waals surface area (Å²) in [6.45, 7) is 3.48. The maximum Gasteiger partial charge on any atom is 0.335 e. The molecule has 1 aromatic carbocycles. The third kappa shape index (κ3) is 3.18. The predicted molar refractivity (Wildman–Crippen MR) is 78.4 cm³/mol. The first-order valence-corrected chi connectivity index (χ1v) is 6.50. The van der Waals surface area contributed by atoms with Crippen molar-refractivity contribution in [1.29, 1.82) is 0 Å². The summed E-state index contributed by atoms with van der Waals surface area (Å²) >= 11 is 0. The lowest BCUT2D eigenvalue weighted by Crippen LogP contribution is -2.41. The summed E-state index contributed by atoms with van der Waals surface area (Å²) < 4.78 is 18.4. The fourth-order valence-electron chi connectivity index (χ4n) is 2.23. The van der Waals surface area contributed by atoms with Crippen molar-refractivity contribution in [3.05, 3.63) is 59.7 Å². The van der Waals surface area contributed by atoms with Crippen molar-refractivity contribution in [2.45, 2.75) is 19.4 Å². The number of ether oxygens (including phenoxy) is 1. The monoisotopic (exact) mass is 288 g/mol. The van der Waals surface area contributed by atoms with Gasteiger partial charge in [0.25, 0.3) is 0 Å². The first-order chi connectivity index (χ1) is 9.95. The molecule has 0 aliphatic carbocycles. The minimum atomic E-state index is -1.13. The highest BCUT2D eigenvalue weighted by Gasteiger charge is 2.36. The fourth-order valence-corrected chi connectivity index (χ4v) is 2.23. The molecule has 21 heavy (non-hydrogen) atoms. The minimum absolute atomic E-state index is 0.362. The van der Waals surface area contributed by atoms with Crippen LogP contribution in [0.1, 0.15) is 18.1 Å². The zero-order valence-corrected chi connectivity index (χ0v) is 12.2. The Hall–Kier alpha value is -2.43. The van der Waals surface area contributed by atoms with E-state index in [2.05, 4.69) is 10.3 Å². The molecule has 1 aromatic heterocycles. The van der Waals surface area contributed by atoms with Gasteiger partial charge in [-0.15, -0.1) is 0 Å². The van der Waals surface area contributed by atoms with Crippen molar-refractivity contribution in [3.63, 3.8) is 0 Å². The molecular formula is C16H17FN2O2. The number of hydrogen-bond acceptors (Lipinski definition) is 4. The zero-order valence-electron chi connectivity index (χ0n) is 12.2. The topological polar surface area (TPSA) is 51.2 Å². The second-order valence-electron chi connectivity index (χ2n) is 4.99. The third-order valence-corrected chi connectivity index (χ3v) is 3.29. The van der Waals surface area contributed by atoms with Crippen LogP contribution in [0.3, 0.4) is 0 Å². The van der Waals surface area contributed by atoms with Crippen LogP contribution in [-0.4, -0.2) is 18.1 Å². The Bertz CT molecular complexity index is 626. The summed E-state index contributed by atoms with van der Waals surface area (Å²) in [6.07, 6.45) is 3.18. The van der Waals surface area contributed by atoms with E-state index in [-0.39, 0.29) is 5.82 Å². The van der Waals surface area contributed by atoms with E-state index in [0.29, 0.717) is 11.3 Å². The molecule has 110 valence electrons. The molecule has 0 amide bonds. The largest absolute Gasteiger partial charge is 0.467 e. The van der Waals surface area contributed by atoms with Crippen LogP contribution >= 0.6 is 0 Å². The van der Waals surface area contributed by atoms with Gasteiger partial charge < -0.3 is 10.1 Å². The van der Waals surface area contributed by atoms with Crippen LogP contribution in [0.15, 0.2) is 42.7 Å². The Balaban J connectivity index is 2.44. The number of benzene rings is 1. The van der Waals surface area contributed by atoms with E-state index in [1.54, 1.807) is 44.4 Å². The number of hydrogen-bond donors (Lipinski definition) is 1. The molecule has 5 heteroatoms. The smallest absolute Gasteiger partial charge is 0.335 e. The van der Waals surface area contributed by atoms with Gasteiger partial charge in [0.1, 0.15) is 5.82 Å². The van der Waals surface area contributed by atoms with Crippen LogP contribution < -0.4 is 5.32 Å². The molecule has 4 nitrogen and oxygen atoms in total. The van der Waals surface area contributed by atoms with Gasteiger partial charge in [-0.2, -0.15) is 0 Å². The average molecular weight is 288 g/mol. The van der Waals surface area contributed by atoms with Crippen LogP contribution in [0.4, 0.5) is 10.1 Å². The van der Waals surface area contributed by atoms with Gasteiger partial charge in [-0.1, -0.05) is 0 Å². The van der Waals surface area contributed by atoms with E-state index < -0.39 is 11.5 Å². The molecular weight excluding hydrogens is 271 g/mol. The highest BCUT2D eigenvalue weighted by atomic mass is 19.1. The number of halogens is 1. The number of nitrogens with one attached hydrogen (secondary N) is 1. The Labute approximate surface area is 123 Å². The van der Waals surface area contributed by atoms with Gasteiger partial charge >= 0.3 is 5.97 Å². The molecule has 2 rings (SSSR count). The van der Waals surface area contributed by atoms with Crippen molar-refractivity contribution in [2.75, 3.05) is 12.4 Å². The van der Waals surface area contributed by atoms with Gasteiger partial charge in [-0.25, -0.2) is 9.18 Å². The van der Waals surface area contributed by atoms with E-state index in [9.17, 15) is 9.18 Å². The Kier molecular flexibility index (Phi) is 4.21. The standard InChI is InChI=1S/C16H17FN2O2/c1-11-8-13(17)10-14(9-11)19-16(2,15(20)21-3)12-4-6-18-7-5-12/h4-10,19H,1-3H3. The van der Waals surface area contributed by atoms with Crippen LogP contribution in [0, 0.1) is 12.7 Å². The predicted octanol–water partition coefficient (Wildman–Crippen LogP) is 3.03. The normalized spacial score (nSPS) is 13.3. The molecule has 1 N–H and O–H groups in total. The molecule has 0 bridgehead atoms. The maximum absolute atomic E-state index is 13.5. The highest BCUT2D eigenvalue weighted by molar-refractivity contribution is 5.85. The summed E-state index contributed by atoms with van der Waals surface area (Å²) in [5, 5.41) is 3.06. The van der Waals surface area contributed by atoms with E-state index in [0.717, 1.165) is 5.56 Å². The average Bonchev–Trinajstić information content (AvgIpc) is 2.46. The second kappa shape index (κ2) is 5.91. The summed E-state index contributed by atoms with van der Waals surface area (Å²) in [4.78, 5) is 16.1. The number of aromatic nitrogens is 1. The van der Waals surface area contributed by atoms with E-state index in [1.165, 1.54) is 19.2 Å². The first kappa shape index (κ1) is 15.0. The number of rotatable bonds is 4. The van der Waals surface area contributed by atoms with Gasteiger partial charge in [0, 0.05) is 18.1 Å². The summed E-state index contributed by atoms with van der Waals surface area (Å²) in [6, 6.07) is 7.97. The van der Waals surface area contributed by atoms with Crippen molar-refractivity contribution in [2.24, 2.45) is 0 Å². The quantitative estimate of drug-likeness (QED) is 0.879. The lowest BCUT2D eigenvalue weighted by molar-refractivity contribution is -0.145. The Morgan fingerprint density at radius 2 is 1.95 bits per heavy atom. The molecule has 2 aromatic rings. The highest BCUT2D eigenvalue weighted by Crippen LogP contribution is 2.28. The van der Waals surface area contributed by atoms with Crippen molar-refractivity contribution in [3.8, 4) is 0 Å². The number of carbonyl (C=O) groups is 1. The van der Waals surface area contributed by atoms with Gasteiger partial charge in [0.05, 0.1) is 7.11 Å². The molecule has 1 atom stereocenters. The molecule has 0 saturated heterocycles. The van der Waals surface area contributed by atoms with E-state index >= 15 is 0 Å². The number of esters is 1. The molecule has 0 aliphatic heterocycles. The summed E-state index contributed by atoms with van der Waals surface area (Å²) in [5.74, 6) is -0.824. The first-order valence-electron chi connectivity index (χ1n) is 6.50. The van der Waals surface area contributed by atoms with Crippen LogP contribution in [0.2, 0.25) is 0 Å². The molecule has 0 fully saturated rings. The van der Waals surface area contributed by atoms with Crippen LogP contribution in [0.25, 0.3) is 0 Å². The lowest BCUT2D eigenvalue weighted by atomic mass is 9.92. The summed E-state index contributed by atoms with van der Waals surface area (Å²) in [5.41, 5.74) is 0.834. The molecule has 1 unspecified atom stereocenters. The van der Waals surface area contributed by atoms with E-state index in [1.807, 2.05) is 0 Å². The number of aryl methyl sites for hydroxylation is 1. The third-order valence-electron chi connectivity index (χ3n) is 3.29. The number of carbonyl (C=O) groups excluding carboxylic acids is 1. The minimum Gasteiger partial charge on any atom is -0.467 e. The number of nitrogens with zero attached hydrogens (tertiary/aromatic N) is 1. The van der Waals surface area contributed by atoms with Crippen LogP contribution in [0.5, 0.6) is 0 Å². The Morgan fingerprint density at radius 3 is 2.52 bits per heavy atom. The van der Waals surface area contributed by atoms with Crippen LogP contribution in [-0.2, 0) is 15.1 Å². The number of anilines is 1. The molecule has 0 spiro atoms. The molecule has 0 saturated carbocycles. The zero-order chi connectivity index (χ0) is 15.5. The van der Waals surface area contributed by atoms with Crippen molar-refractivity contribution >= 4 is 11.7 Å². The van der Waals surface area contributed by atoms with Crippen molar-refractivity contribution < 1.29 is 13.9 Å². The van der Waals surface area contributed by atoms with Gasteiger partial charge in [-0.05, 0) is 55.3 Å². The Morgan fingerprint density at radius 1 is 1.29 bits per heavy atom. The fraction of sp³-hybridized carbons (Fsp3) is 0.250. The van der Waals surface area contributed by atoms with Crippen molar-refractivity contribution in [1.82, 2.24) is 4.98 Å². The molecule has 0 aliphatic rings. The van der Waals surface area contributed by atoms with Gasteiger partial charge in [-0.3, -0.25) is 4.98 Å². The lowest BCUT2D eigenvalue weighted by Gasteiger charge is -2.29. The molecule has 0 radical (unpaired) electrons.